The van der Waals surface area contributed by atoms with Gasteiger partial charge in [0.15, 0.2) is 0 Å². The number of hydrogen-bond donors (Lipinski definition) is 1. The molecular weight excluding hydrogens is 286 g/mol. The summed E-state index contributed by atoms with van der Waals surface area (Å²) in [6, 6.07) is 0. The largest absolute Gasteiger partial charge is 0.393 e. The molecule has 0 bridgehead atoms. The summed E-state index contributed by atoms with van der Waals surface area (Å²) < 4.78 is 12.7. The van der Waals surface area contributed by atoms with Crippen molar-refractivity contribution in [2.45, 2.75) is 38.1 Å². The van der Waals surface area contributed by atoms with Crippen LogP contribution in [0.1, 0.15) is 41.7 Å². The SMILES string of the molecule is COC1(CO)CN(C(=O)c2c3c(nn2C)[C@H](C)O[C@H](C)C3)C1. The van der Waals surface area contributed by atoms with Gasteiger partial charge in [-0.15, -0.1) is 0 Å². The predicted molar refractivity (Wildman–Crippen MR) is 78.6 cm³/mol. The zero-order valence-electron chi connectivity index (χ0n) is 13.5. The van der Waals surface area contributed by atoms with Gasteiger partial charge in [0, 0.05) is 26.1 Å². The number of carbonyl (C=O) groups excluding carboxylic acids is 1. The number of likely N-dealkylation sites (tertiary alicyclic amines) is 1. The number of amides is 1. The van der Waals surface area contributed by atoms with Crippen LogP contribution in [0, 0.1) is 0 Å². The topological polar surface area (TPSA) is 76.8 Å². The molecule has 122 valence electrons. The van der Waals surface area contributed by atoms with E-state index in [-0.39, 0.29) is 24.7 Å². The van der Waals surface area contributed by atoms with E-state index in [0.29, 0.717) is 25.2 Å². The first-order valence-corrected chi connectivity index (χ1v) is 7.57. The second kappa shape index (κ2) is 5.33. The Morgan fingerprint density at radius 1 is 1.50 bits per heavy atom. The quantitative estimate of drug-likeness (QED) is 0.867. The van der Waals surface area contributed by atoms with Gasteiger partial charge in [-0.2, -0.15) is 5.10 Å². The Hall–Kier alpha value is -1.44. The van der Waals surface area contributed by atoms with E-state index in [1.54, 1.807) is 23.7 Å². The summed E-state index contributed by atoms with van der Waals surface area (Å²) >= 11 is 0. The number of aryl methyl sites for hydroxylation is 1. The van der Waals surface area contributed by atoms with Crippen molar-refractivity contribution in [2.75, 3.05) is 26.8 Å². The van der Waals surface area contributed by atoms with Crippen LogP contribution in [0.2, 0.25) is 0 Å². The lowest BCUT2D eigenvalue weighted by Gasteiger charge is -2.47. The summed E-state index contributed by atoms with van der Waals surface area (Å²) in [7, 11) is 3.35. The summed E-state index contributed by atoms with van der Waals surface area (Å²) in [6.45, 7) is 4.69. The lowest BCUT2D eigenvalue weighted by atomic mass is 9.93. The fourth-order valence-electron chi connectivity index (χ4n) is 3.37. The minimum absolute atomic E-state index is 0.0568. The molecule has 7 nitrogen and oxygen atoms in total. The molecule has 0 unspecified atom stereocenters. The molecule has 3 heterocycles. The Balaban J connectivity index is 1.86. The van der Waals surface area contributed by atoms with Crippen LogP contribution in [0.25, 0.3) is 0 Å². The molecular formula is C15H23N3O4. The number of methoxy groups -OCH3 is 1. The first kappa shape index (κ1) is 15.5. The molecule has 1 N–H and O–H groups in total. The number of nitrogens with zero attached hydrogens (tertiary/aromatic N) is 3. The van der Waals surface area contributed by atoms with Gasteiger partial charge in [0.1, 0.15) is 11.3 Å². The standard InChI is InChI=1S/C15H23N3O4/c1-9-5-11-12(10(2)22-9)16-17(3)13(11)14(20)18-6-15(7-18,8-19)21-4/h9-10,19H,5-8H2,1-4H3/t9-,10+/m1/s1. The van der Waals surface area contributed by atoms with Crippen molar-refractivity contribution in [1.29, 1.82) is 0 Å². The minimum atomic E-state index is -0.613. The van der Waals surface area contributed by atoms with Crippen molar-refractivity contribution < 1.29 is 19.4 Å². The number of fused-ring (bicyclic) bond motifs is 1. The highest BCUT2D eigenvalue weighted by molar-refractivity contribution is 5.95. The Morgan fingerprint density at radius 3 is 2.77 bits per heavy atom. The second-order valence-corrected chi connectivity index (χ2v) is 6.34. The third-order valence-electron chi connectivity index (χ3n) is 4.66. The maximum absolute atomic E-state index is 12.8. The van der Waals surface area contributed by atoms with Gasteiger partial charge in [-0.25, -0.2) is 0 Å². The van der Waals surface area contributed by atoms with Gasteiger partial charge >= 0.3 is 0 Å². The van der Waals surface area contributed by atoms with Gasteiger partial charge in [0.2, 0.25) is 0 Å². The third kappa shape index (κ3) is 2.24. The third-order valence-corrected chi connectivity index (χ3v) is 4.66. The van der Waals surface area contributed by atoms with Gasteiger partial charge in [-0.05, 0) is 13.8 Å². The smallest absolute Gasteiger partial charge is 0.272 e. The molecule has 3 rings (SSSR count). The molecule has 2 aliphatic heterocycles. The van der Waals surface area contributed by atoms with Crippen LogP contribution in [0.4, 0.5) is 0 Å². The zero-order chi connectivity index (χ0) is 16.1. The van der Waals surface area contributed by atoms with Crippen LogP contribution in [0.5, 0.6) is 0 Å². The predicted octanol–water partition coefficient (Wildman–Crippen LogP) is 0.276. The lowest BCUT2D eigenvalue weighted by molar-refractivity contribution is -0.134. The van der Waals surface area contributed by atoms with Crippen LogP contribution in [0.3, 0.4) is 0 Å². The first-order chi connectivity index (χ1) is 10.4. The molecule has 1 aromatic heterocycles. The van der Waals surface area contributed by atoms with Crippen LogP contribution >= 0.6 is 0 Å². The molecule has 0 radical (unpaired) electrons. The molecule has 0 saturated carbocycles. The molecule has 1 fully saturated rings. The normalized spacial score (nSPS) is 26.5. The van der Waals surface area contributed by atoms with E-state index in [2.05, 4.69) is 5.10 Å². The molecule has 1 aromatic rings. The van der Waals surface area contributed by atoms with Crippen molar-refractivity contribution >= 4 is 5.91 Å². The van der Waals surface area contributed by atoms with Gasteiger partial charge in [0.25, 0.3) is 5.91 Å². The molecule has 1 amide bonds. The minimum Gasteiger partial charge on any atom is -0.393 e. The Kier molecular flexibility index (Phi) is 3.74. The van der Waals surface area contributed by atoms with Crippen molar-refractivity contribution in [3.63, 3.8) is 0 Å². The molecule has 0 spiro atoms. The van der Waals surface area contributed by atoms with E-state index >= 15 is 0 Å². The van der Waals surface area contributed by atoms with Gasteiger partial charge in [-0.1, -0.05) is 0 Å². The van der Waals surface area contributed by atoms with E-state index in [0.717, 1.165) is 11.3 Å². The average Bonchev–Trinajstić information content (AvgIpc) is 2.75. The van der Waals surface area contributed by atoms with Crippen LogP contribution in [-0.4, -0.2) is 64.2 Å². The molecule has 22 heavy (non-hydrogen) atoms. The first-order valence-electron chi connectivity index (χ1n) is 7.57. The van der Waals surface area contributed by atoms with Crippen molar-refractivity contribution in [2.24, 2.45) is 7.05 Å². The average molecular weight is 309 g/mol. The van der Waals surface area contributed by atoms with Crippen molar-refractivity contribution in [3.8, 4) is 0 Å². The molecule has 0 aromatic carbocycles. The van der Waals surface area contributed by atoms with Gasteiger partial charge < -0.3 is 19.5 Å². The monoisotopic (exact) mass is 309 g/mol. The summed E-state index contributed by atoms with van der Waals surface area (Å²) in [4.78, 5) is 14.5. The van der Waals surface area contributed by atoms with Gasteiger partial charge in [-0.3, -0.25) is 9.48 Å². The highest BCUT2D eigenvalue weighted by atomic mass is 16.5. The Bertz CT molecular complexity index is 586. The number of ether oxygens (including phenoxy) is 2. The summed E-state index contributed by atoms with van der Waals surface area (Å²) in [5.74, 6) is -0.0568. The van der Waals surface area contributed by atoms with E-state index in [9.17, 15) is 9.90 Å². The molecule has 2 aliphatic rings. The Morgan fingerprint density at radius 2 is 2.18 bits per heavy atom. The number of hydrogen-bond acceptors (Lipinski definition) is 5. The number of rotatable bonds is 3. The maximum atomic E-state index is 12.8. The van der Waals surface area contributed by atoms with E-state index in [1.165, 1.54) is 0 Å². The molecule has 0 aliphatic carbocycles. The molecule has 7 heteroatoms. The van der Waals surface area contributed by atoms with E-state index < -0.39 is 5.60 Å². The number of aliphatic hydroxyl groups is 1. The summed E-state index contributed by atoms with van der Waals surface area (Å²) in [6.07, 6.45) is 0.668. The maximum Gasteiger partial charge on any atom is 0.272 e. The van der Waals surface area contributed by atoms with E-state index in [1.807, 2.05) is 13.8 Å². The lowest BCUT2D eigenvalue weighted by Crippen LogP contribution is -2.66. The van der Waals surface area contributed by atoms with E-state index in [4.69, 9.17) is 9.47 Å². The summed E-state index contributed by atoms with van der Waals surface area (Å²) in [5.41, 5.74) is 1.85. The van der Waals surface area contributed by atoms with Crippen molar-refractivity contribution in [3.05, 3.63) is 17.0 Å². The van der Waals surface area contributed by atoms with Gasteiger partial charge in [0.05, 0.1) is 37.6 Å². The molecule has 2 atom stereocenters. The van der Waals surface area contributed by atoms with Crippen LogP contribution < -0.4 is 0 Å². The van der Waals surface area contributed by atoms with Crippen LogP contribution in [-0.2, 0) is 22.9 Å². The molecule has 1 saturated heterocycles. The van der Waals surface area contributed by atoms with Crippen LogP contribution in [0.15, 0.2) is 0 Å². The number of aromatic nitrogens is 2. The second-order valence-electron chi connectivity index (χ2n) is 6.34. The highest BCUT2D eigenvalue weighted by Crippen LogP contribution is 2.33. The fraction of sp³-hybridized carbons (Fsp3) is 0.733. The number of carbonyl (C=O) groups is 1. The summed E-state index contributed by atoms with van der Waals surface area (Å²) in [5, 5.41) is 13.9. The zero-order valence-corrected chi connectivity index (χ0v) is 13.5. The van der Waals surface area contributed by atoms with Crippen molar-refractivity contribution in [1.82, 2.24) is 14.7 Å². The highest BCUT2D eigenvalue weighted by Gasteiger charge is 2.47. The number of aliphatic hydroxyl groups excluding tert-OH is 1. The fourth-order valence-corrected chi connectivity index (χ4v) is 3.37. The Labute approximate surface area is 129 Å².